The number of pyridine rings is 2. The van der Waals surface area contributed by atoms with E-state index >= 15 is 0 Å². The minimum absolute atomic E-state index is 0.202. The third kappa shape index (κ3) is 2.63. The molecule has 3 heterocycles. The van der Waals surface area contributed by atoms with Crippen molar-refractivity contribution in [2.75, 3.05) is 5.73 Å². The molecule has 0 spiro atoms. The Morgan fingerprint density at radius 2 is 1.88 bits per heavy atom. The standard InChI is InChI=1S/C26H18ClN5/c1-13-6-9-21-17(10-13)15-7-8-16-22(19(12-28)26(29)32-24(16)23(15)30-21)18-11-14-4-2-3-5-20(14)31-25(18)27/h2-6,9-11,30H,7-8H2,1H3,(H2,29,32). The molecule has 0 amide bonds. The van der Waals surface area contributed by atoms with Crippen LogP contribution >= 0.6 is 11.6 Å². The van der Waals surface area contributed by atoms with Gasteiger partial charge in [-0.05, 0) is 55.2 Å². The quantitative estimate of drug-likeness (QED) is 0.318. The molecule has 1 aliphatic carbocycles. The number of para-hydroxylation sites is 1. The van der Waals surface area contributed by atoms with E-state index in [9.17, 15) is 5.26 Å². The average Bonchev–Trinajstić information content (AvgIpc) is 3.16. The van der Waals surface area contributed by atoms with Crippen molar-refractivity contribution in [2.45, 2.75) is 19.8 Å². The molecule has 5 aromatic rings. The Hall–Kier alpha value is -3.88. The van der Waals surface area contributed by atoms with Crippen LogP contribution in [0.4, 0.5) is 5.82 Å². The summed E-state index contributed by atoms with van der Waals surface area (Å²) in [6, 6.07) is 18.4. The number of nitrogen functional groups attached to an aromatic ring is 1. The second-order valence-corrected chi connectivity index (χ2v) is 8.59. The van der Waals surface area contributed by atoms with Gasteiger partial charge < -0.3 is 10.7 Å². The molecule has 3 N–H and O–H groups in total. The van der Waals surface area contributed by atoms with Crippen molar-refractivity contribution in [3.05, 3.63) is 75.9 Å². The molecule has 1 aliphatic rings. The number of nitriles is 1. The Balaban J connectivity index is 1.69. The number of benzene rings is 2. The van der Waals surface area contributed by atoms with E-state index in [0.717, 1.165) is 51.8 Å². The number of H-pyrrole nitrogens is 1. The van der Waals surface area contributed by atoms with Gasteiger partial charge in [0, 0.05) is 27.4 Å². The van der Waals surface area contributed by atoms with Crippen LogP contribution in [0.15, 0.2) is 48.5 Å². The molecule has 0 fully saturated rings. The van der Waals surface area contributed by atoms with E-state index in [1.54, 1.807) is 0 Å². The van der Waals surface area contributed by atoms with E-state index in [4.69, 9.17) is 17.3 Å². The Kier molecular flexibility index (Phi) is 4.01. The van der Waals surface area contributed by atoms with Crippen molar-refractivity contribution in [2.24, 2.45) is 0 Å². The van der Waals surface area contributed by atoms with Crippen molar-refractivity contribution in [3.8, 4) is 28.6 Å². The summed E-state index contributed by atoms with van der Waals surface area (Å²) in [6.45, 7) is 2.10. The van der Waals surface area contributed by atoms with Crippen molar-refractivity contribution in [1.82, 2.24) is 15.0 Å². The number of halogens is 1. The number of aromatic amines is 1. The first-order valence-corrected chi connectivity index (χ1v) is 10.8. The highest BCUT2D eigenvalue weighted by atomic mass is 35.5. The van der Waals surface area contributed by atoms with Crippen molar-refractivity contribution < 1.29 is 0 Å². The van der Waals surface area contributed by atoms with E-state index < -0.39 is 0 Å². The van der Waals surface area contributed by atoms with Crippen LogP contribution in [0, 0.1) is 18.3 Å². The van der Waals surface area contributed by atoms with Crippen LogP contribution in [0.5, 0.6) is 0 Å². The normalized spacial score (nSPS) is 12.5. The number of aryl methyl sites for hydroxylation is 2. The van der Waals surface area contributed by atoms with Crippen LogP contribution in [-0.4, -0.2) is 15.0 Å². The zero-order valence-electron chi connectivity index (χ0n) is 17.3. The summed E-state index contributed by atoms with van der Waals surface area (Å²) in [6.07, 6.45) is 1.58. The maximum Gasteiger partial charge on any atom is 0.142 e. The predicted molar refractivity (Wildman–Crippen MR) is 129 cm³/mol. The minimum Gasteiger partial charge on any atom is -0.383 e. The fourth-order valence-electron chi connectivity index (χ4n) is 4.84. The lowest BCUT2D eigenvalue weighted by Gasteiger charge is -2.22. The molecule has 32 heavy (non-hydrogen) atoms. The third-order valence-corrected chi connectivity index (χ3v) is 6.60. The molecule has 0 aliphatic heterocycles. The highest BCUT2D eigenvalue weighted by molar-refractivity contribution is 6.33. The van der Waals surface area contributed by atoms with Gasteiger partial charge in [-0.2, -0.15) is 5.26 Å². The predicted octanol–water partition coefficient (Wildman–Crippen LogP) is 5.96. The lowest BCUT2D eigenvalue weighted by Crippen LogP contribution is -2.11. The Morgan fingerprint density at radius 1 is 1.06 bits per heavy atom. The van der Waals surface area contributed by atoms with Gasteiger partial charge in [-0.25, -0.2) is 9.97 Å². The Labute approximate surface area is 189 Å². The second kappa shape index (κ2) is 6.81. The molecule has 0 unspecified atom stereocenters. The molecule has 0 saturated carbocycles. The van der Waals surface area contributed by atoms with Gasteiger partial charge >= 0.3 is 0 Å². The number of fused-ring (bicyclic) bond motifs is 6. The molecule has 6 rings (SSSR count). The number of hydrogen-bond donors (Lipinski definition) is 2. The molecular weight excluding hydrogens is 418 g/mol. The molecule has 0 atom stereocenters. The van der Waals surface area contributed by atoms with Gasteiger partial charge in [0.15, 0.2) is 0 Å². The van der Waals surface area contributed by atoms with Crippen molar-refractivity contribution in [3.63, 3.8) is 0 Å². The lowest BCUT2D eigenvalue weighted by molar-refractivity contribution is 0.934. The van der Waals surface area contributed by atoms with Crippen LogP contribution < -0.4 is 5.73 Å². The number of hydrogen-bond acceptors (Lipinski definition) is 4. The number of nitrogens with two attached hydrogens (primary N) is 1. The molecule has 0 bridgehead atoms. The van der Waals surface area contributed by atoms with Crippen LogP contribution in [0.2, 0.25) is 5.15 Å². The van der Waals surface area contributed by atoms with Crippen LogP contribution in [0.25, 0.3) is 44.3 Å². The maximum atomic E-state index is 9.97. The monoisotopic (exact) mass is 435 g/mol. The van der Waals surface area contributed by atoms with E-state index in [0.29, 0.717) is 16.3 Å². The number of anilines is 1. The Bertz CT molecular complexity index is 1620. The number of nitrogens with zero attached hydrogens (tertiary/aromatic N) is 3. The zero-order valence-corrected chi connectivity index (χ0v) is 18.1. The number of nitrogens with one attached hydrogen (secondary N) is 1. The SMILES string of the molecule is Cc1ccc2[nH]c3c(c2c1)CCc1c-3nc(N)c(C#N)c1-c1cc2ccccc2nc1Cl. The van der Waals surface area contributed by atoms with Crippen LogP contribution in [-0.2, 0) is 12.8 Å². The summed E-state index contributed by atoms with van der Waals surface area (Å²) in [5.41, 5.74) is 15.2. The summed E-state index contributed by atoms with van der Waals surface area (Å²) in [7, 11) is 0. The van der Waals surface area contributed by atoms with E-state index in [1.165, 1.54) is 16.5 Å². The van der Waals surface area contributed by atoms with Crippen LogP contribution in [0.3, 0.4) is 0 Å². The first kappa shape index (κ1) is 18.9. The second-order valence-electron chi connectivity index (χ2n) is 8.23. The highest BCUT2D eigenvalue weighted by Gasteiger charge is 2.29. The van der Waals surface area contributed by atoms with E-state index in [-0.39, 0.29) is 5.82 Å². The summed E-state index contributed by atoms with van der Waals surface area (Å²) in [5.74, 6) is 0.202. The maximum absolute atomic E-state index is 9.97. The molecule has 2 aromatic carbocycles. The van der Waals surface area contributed by atoms with Gasteiger partial charge in [0.1, 0.15) is 22.6 Å². The van der Waals surface area contributed by atoms with Gasteiger partial charge in [0.05, 0.1) is 16.9 Å². The third-order valence-electron chi connectivity index (χ3n) is 6.31. The topological polar surface area (TPSA) is 91.4 Å². The number of aromatic nitrogens is 3. The molecule has 3 aromatic heterocycles. The van der Waals surface area contributed by atoms with E-state index in [2.05, 4.69) is 46.1 Å². The fourth-order valence-corrected chi connectivity index (χ4v) is 5.08. The highest BCUT2D eigenvalue weighted by Crippen LogP contribution is 2.44. The molecule has 0 radical (unpaired) electrons. The van der Waals surface area contributed by atoms with E-state index in [1.807, 2.05) is 30.3 Å². The molecule has 6 heteroatoms. The van der Waals surface area contributed by atoms with Gasteiger partial charge in [-0.1, -0.05) is 41.4 Å². The van der Waals surface area contributed by atoms with Gasteiger partial charge in [0.2, 0.25) is 0 Å². The average molecular weight is 436 g/mol. The zero-order chi connectivity index (χ0) is 22.0. The van der Waals surface area contributed by atoms with Gasteiger partial charge in [-0.3, -0.25) is 0 Å². The molecule has 5 nitrogen and oxygen atoms in total. The first-order chi connectivity index (χ1) is 15.5. The van der Waals surface area contributed by atoms with Crippen molar-refractivity contribution in [1.29, 1.82) is 5.26 Å². The minimum atomic E-state index is 0.202. The number of rotatable bonds is 1. The summed E-state index contributed by atoms with van der Waals surface area (Å²) in [4.78, 5) is 12.8. The summed E-state index contributed by atoms with van der Waals surface area (Å²) < 4.78 is 0. The Morgan fingerprint density at radius 3 is 2.72 bits per heavy atom. The fraction of sp³-hybridized carbons (Fsp3) is 0.115. The van der Waals surface area contributed by atoms with Crippen molar-refractivity contribution >= 4 is 39.2 Å². The van der Waals surface area contributed by atoms with Gasteiger partial charge in [-0.15, -0.1) is 0 Å². The largest absolute Gasteiger partial charge is 0.383 e. The lowest BCUT2D eigenvalue weighted by atomic mass is 9.85. The molecular formula is C26H18ClN5. The molecule has 154 valence electrons. The summed E-state index contributed by atoms with van der Waals surface area (Å²) in [5, 5.41) is 12.5. The van der Waals surface area contributed by atoms with Crippen LogP contribution in [0.1, 0.15) is 22.3 Å². The smallest absolute Gasteiger partial charge is 0.142 e. The summed E-state index contributed by atoms with van der Waals surface area (Å²) >= 11 is 6.65. The molecule has 0 saturated heterocycles. The first-order valence-electron chi connectivity index (χ1n) is 10.4. The van der Waals surface area contributed by atoms with Gasteiger partial charge in [0.25, 0.3) is 0 Å².